The lowest BCUT2D eigenvalue weighted by Gasteiger charge is -2.02. The van der Waals surface area contributed by atoms with E-state index in [2.05, 4.69) is 20.9 Å². The average molecular weight is 417 g/mol. The Hall–Kier alpha value is -3.00. The van der Waals surface area contributed by atoms with Gasteiger partial charge in [-0.1, -0.05) is 22.0 Å². The zero-order valence-corrected chi connectivity index (χ0v) is 15.4. The number of nitro groups is 1. The van der Waals surface area contributed by atoms with Crippen molar-refractivity contribution in [3.8, 4) is 5.75 Å². The predicted molar refractivity (Wildman–Crippen MR) is 99.1 cm³/mol. The molecular weight excluding hydrogens is 404 g/mol. The summed E-state index contributed by atoms with van der Waals surface area (Å²) in [6.07, 6.45) is 1.44. The molecule has 0 aliphatic carbocycles. The van der Waals surface area contributed by atoms with Gasteiger partial charge in [0.2, 0.25) is 5.90 Å². The van der Waals surface area contributed by atoms with E-state index < -0.39 is 10.9 Å². The van der Waals surface area contributed by atoms with Crippen molar-refractivity contribution in [1.82, 2.24) is 0 Å². The molecule has 3 rings (SSSR count). The molecule has 0 radical (unpaired) electrons. The second-order valence-electron chi connectivity index (χ2n) is 5.49. The smallest absolute Gasteiger partial charge is 0.363 e. The van der Waals surface area contributed by atoms with Gasteiger partial charge in [0.25, 0.3) is 0 Å². The first-order chi connectivity index (χ1) is 12.4. The number of aryl methyl sites for hydroxylation is 1. The normalized spacial score (nSPS) is 15.0. The van der Waals surface area contributed by atoms with E-state index in [-0.39, 0.29) is 23.0 Å². The van der Waals surface area contributed by atoms with Gasteiger partial charge in [-0.3, -0.25) is 10.1 Å². The van der Waals surface area contributed by atoms with E-state index in [0.717, 1.165) is 10.0 Å². The number of rotatable bonds is 4. The summed E-state index contributed by atoms with van der Waals surface area (Å²) in [7, 11) is 1.35. The minimum absolute atomic E-state index is 0.0695. The van der Waals surface area contributed by atoms with Crippen LogP contribution in [0.25, 0.3) is 6.08 Å². The Morgan fingerprint density at radius 3 is 2.69 bits per heavy atom. The Labute approximate surface area is 157 Å². The largest absolute Gasteiger partial charge is 0.490 e. The fourth-order valence-corrected chi connectivity index (χ4v) is 2.65. The number of hydrogen-bond acceptors (Lipinski definition) is 6. The number of carbonyl (C=O) groups is 1. The zero-order chi connectivity index (χ0) is 18.8. The number of aliphatic imine (C=N–C) groups is 1. The summed E-state index contributed by atoms with van der Waals surface area (Å²) in [6, 6.07) is 9.85. The third-order valence-corrected chi connectivity index (χ3v) is 4.62. The lowest BCUT2D eigenvalue weighted by atomic mass is 10.1. The number of nitro benzene ring substituents is 1. The quantitative estimate of drug-likeness (QED) is 0.324. The van der Waals surface area contributed by atoms with Gasteiger partial charge in [-0.25, -0.2) is 9.79 Å². The first kappa shape index (κ1) is 17.8. The van der Waals surface area contributed by atoms with Crippen molar-refractivity contribution in [2.75, 3.05) is 7.11 Å². The highest BCUT2D eigenvalue weighted by Crippen LogP contribution is 2.29. The highest BCUT2D eigenvalue weighted by Gasteiger charge is 2.25. The molecule has 1 heterocycles. The van der Waals surface area contributed by atoms with Crippen molar-refractivity contribution in [3.63, 3.8) is 0 Å². The van der Waals surface area contributed by atoms with Crippen LogP contribution in [0.15, 0.2) is 51.6 Å². The molecule has 8 heteroatoms. The molecule has 1 aliphatic rings. The summed E-state index contributed by atoms with van der Waals surface area (Å²) in [5, 5.41) is 11.1. The molecule has 1 aliphatic heterocycles. The molecule has 2 aromatic carbocycles. The number of nitrogens with zero attached hydrogens (tertiary/aromatic N) is 2. The van der Waals surface area contributed by atoms with Gasteiger partial charge in [-0.05, 0) is 48.4 Å². The first-order valence-electron chi connectivity index (χ1n) is 7.50. The minimum atomic E-state index is -0.612. The number of esters is 1. The maximum Gasteiger partial charge on any atom is 0.363 e. The molecule has 7 nitrogen and oxygen atoms in total. The standard InChI is InChI=1S/C18H13BrN2O5/c1-10-7-12(4-5-13(10)19)17-20-14(18(22)26-17)8-11-3-6-16(25-2)15(9-11)21(23)24/h3-9H,1-2H3. The zero-order valence-electron chi connectivity index (χ0n) is 13.9. The van der Waals surface area contributed by atoms with Crippen molar-refractivity contribution in [2.45, 2.75) is 6.92 Å². The fourth-order valence-electron chi connectivity index (χ4n) is 2.41. The molecule has 0 N–H and O–H groups in total. The van der Waals surface area contributed by atoms with Crippen LogP contribution in [0.2, 0.25) is 0 Å². The summed E-state index contributed by atoms with van der Waals surface area (Å²) in [4.78, 5) is 26.9. The Morgan fingerprint density at radius 1 is 1.27 bits per heavy atom. The number of carbonyl (C=O) groups excluding carboxylic acids is 1. The molecule has 0 amide bonds. The van der Waals surface area contributed by atoms with E-state index in [1.165, 1.54) is 25.3 Å². The number of methoxy groups -OCH3 is 1. The third-order valence-electron chi connectivity index (χ3n) is 3.73. The molecule has 0 saturated heterocycles. The molecule has 0 unspecified atom stereocenters. The van der Waals surface area contributed by atoms with E-state index in [4.69, 9.17) is 9.47 Å². The van der Waals surface area contributed by atoms with Crippen molar-refractivity contribution in [2.24, 2.45) is 4.99 Å². The predicted octanol–water partition coefficient (Wildman–Crippen LogP) is 4.02. The molecule has 0 saturated carbocycles. The monoisotopic (exact) mass is 416 g/mol. The van der Waals surface area contributed by atoms with Crippen LogP contribution in [-0.2, 0) is 9.53 Å². The summed E-state index contributed by atoms with van der Waals surface area (Å²) in [6.45, 7) is 1.91. The topological polar surface area (TPSA) is 91.0 Å². The summed E-state index contributed by atoms with van der Waals surface area (Å²) in [5.41, 5.74) is 1.97. The van der Waals surface area contributed by atoms with Gasteiger partial charge in [0.05, 0.1) is 12.0 Å². The van der Waals surface area contributed by atoms with Crippen LogP contribution in [0.4, 0.5) is 5.69 Å². The second kappa shape index (κ2) is 7.09. The second-order valence-corrected chi connectivity index (χ2v) is 6.34. The van der Waals surface area contributed by atoms with Gasteiger partial charge in [-0.15, -0.1) is 0 Å². The van der Waals surface area contributed by atoms with Gasteiger partial charge < -0.3 is 9.47 Å². The van der Waals surface area contributed by atoms with Crippen LogP contribution in [0.3, 0.4) is 0 Å². The molecule has 2 aromatic rings. The SMILES string of the molecule is COc1ccc(C=C2N=C(c3ccc(Br)c(C)c3)OC2=O)cc1[N+](=O)[O-]. The maximum atomic E-state index is 12.1. The number of hydrogen-bond donors (Lipinski definition) is 0. The molecule has 0 atom stereocenters. The van der Waals surface area contributed by atoms with E-state index in [1.54, 1.807) is 12.1 Å². The van der Waals surface area contributed by atoms with Crippen LogP contribution < -0.4 is 4.74 Å². The van der Waals surface area contributed by atoms with Crippen LogP contribution in [0.1, 0.15) is 16.7 Å². The third kappa shape index (κ3) is 3.50. The lowest BCUT2D eigenvalue weighted by molar-refractivity contribution is -0.385. The molecule has 0 spiro atoms. The van der Waals surface area contributed by atoms with Gasteiger partial charge in [0.15, 0.2) is 11.4 Å². The Balaban J connectivity index is 1.97. The van der Waals surface area contributed by atoms with Crippen LogP contribution in [-0.4, -0.2) is 23.9 Å². The van der Waals surface area contributed by atoms with Crippen LogP contribution in [0.5, 0.6) is 5.75 Å². The maximum absolute atomic E-state index is 12.1. The molecule has 132 valence electrons. The highest BCUT2D eigenvalue weighted by molar-refractivity contribution is 9.10. The van der Waals surface area contributed by atoms with Gasteiger partial charge in [0, 0.05) is 16.1 Å². The van der Waals surface area contributed by atoms with Crippen molar-refractivity contribution >= 4 is 39.6 Å². The summed E-state index contributed by atoms with van der Waals surface area (Å²) in [5.74, 6) is -0.278. The van der Waals surface area contributed by atoms with Crippen molar-refractivity contribution < 1.29 is 19.2 Å². The number of ether oxygens (including phenoxy) is 2. The Bertz CT molecular complexity index is 982. The van der Waals surface area contributed by atoms with Gasteiger partial charge >= 0.3 is 11.7 Å². The minimum Gasteiger partial charge on any atom is -0.490 e. The summed E-state index contributed by atoms with van der Waals surface area (Å²) >= 11 is 3.41. The number of halogens is 1. The molecule has 0 fully saturated rings. The van der Waals surface area contributed by atoms with E-state index in [0.29, 0.717) is 11.1 Å². The van der Waals surface area contributed by atoms with Crippen LogP contribution in [0, 0.1) is 17.0 Å². The molecule has 0 aromatic heterocycles. The average Bonchev–Trinajstić information content (AvgIpc) is 2.98. The van der Waals surface area contributed by atoms with E-state index in [9.17, 15) is 14.9 Å². The molecule has 0 bridgehead atoms. The van der Waals surface area contributed by atoms with Crippen molar-refractivity contribution in [3.05, 3.63) is 73.4 Å². The number of cyclic esters (lactones) is 1. The van der Waals surface area contributed by atoms with Gasteiger partial charge in [-0.2, -0.15) is 0 Å². The van der Waals surface area contributed by atoms with E-state index in [1.807, 2.05) is 19.1 Å². The number of benzene rings is 2. The molecular formula is C18H13BrN2O5. The Morgan fingerprint density at radius 2 is 2.04 bits per heavy atom. The fraction of sp³-hybridized carbons (Fsp3) is 0.111. The lowest BCUT2D eigenvalue weighted by Crippen LogP contribution is -2.05. The summed E-state index contributed by atoms with van der Waals surface area (Å²) < 4.78 is 11.1. The first-order valence-corrected chi connectivity index (χ1v) is 8.30. The van der Waals surface area contributed by atoms with Gasteiger partial charge in [0.1, 0.15) is 0 Å². The van der Waals surface area contributed by atoms with Crippen molar-refractivity contribution in [1.29, 1.82) is 0 Å². The van der Waals surface area contributed by atoms with Crippen LogP contribution >= 0.6 is 15.9 Å². The van der Waals surface area contributed by atoms with E-state index >= 15 is 0 Å². The Kier molecular flexibility index (Phi) is 4.85. The molecule has 26 heavy (non-hydrogen) atoms. The highest BCUT2D eigenvalue weighted by atomic mass is 79.9.